The number of hydrogen-bond acceptors (Lipinski definition) is 1. The van der Waals surface area contributed by atoms with E-state index in [1.54, 1.807) is 0 Å². The maximum absolute atomic E-state index is 9.03. The minimum absolute atomic E-state index is 0.0636. The molecule has 1 aromatic rings. The van der Waals surface area contributed by atoms with Crippen molar-refractivity contribution in [1.29, 1.82) is 0 Å². The second-order valence-electron chi connectivity index (χ2n) is 3.13. The summed E-state index contributed by atoms with van der Waals surface area (Å²) in [6.07, 6.45) is 0. The van der Waals surface area contributed by atoms with Gasteiger partial charge in [0.15, 0.2) is 0 Å². The Morgan fingerprint density at radius 1 is 1.42 bits per heavy atom. The lowest BCUT2D eigenvalue weighted by Crippen LogP contribution is -1.96. The fraction of sp³-hybridized carbons (Fsp3) is 0.400. The zero-order chi connectivity index (χ0) is 9.14. The highest BCUT2D eigenvalue weighted by atomic mass is 35.5. The van der Waals surface area contributed by atoms with E-state index in [2.05, 4.69) is 13.8 Å². The van der Waals surface area contributed by atoms with Gasteiger partial charge in [0.2, 0.25) is 0 Å². The molecule has 12 heavy (non-hydrogen) atoms. The maximum atomic E-state index is 9.03. The Morgan fingerprint density at radius 2 is 2.08 bits per heavy atom. The van der Waals surface area contributed by atoms with E-state index in [4.69, 9.17) is 16.7 Å². The van der Waals surface area contributed by atoms with Crippen LogP contribution in [0.2, 0.25) is 5.02 Å². The van der Waals surface area contributed by atoms with Gasteiger partial charge in [0.1, 0.15) is 0 Å². The zero-order valence-corrected chi connectivity index (χ0v) is 8.10. The Labute approximate surface area is 78.0 Å². The van der Waals surface area contributed by atoms with Crippen LogP contribution in [0.15, 0.2) is 18.2 Å². The van der Waals surface area contributed by atoms with Gasteiger partial charge >= 0.3 is 0 Å². The Balaban J connectivity index is 3.20. The van der Waals surface area contributed by atoms with Crippen molar-refractivity contribution < 1.29 is 5.11 Å². The van der Waals surface area contributed by atoms with Gasteiger partial charge < -0.3 is 5.11 Å². The van der Waals surface area contributed by atoms with Crippen LogP contribution in [0.25, 0.3) is 0 Å². The van der Waals surface area contributed by atoms with Gasteiger partial charge in [0.25, 0.3) is 0 Å². The van der Waals surface area contributed by atoms with Crippen molar-refractivity contribution in [2.75, 3.05) is 0 Å². The molecular formula is C10H13ClO. The van der Waals surface area contributed by atoms with Crippen molar-refractivity contribution in [3.63, 3.8) is 0 Å². The van der Waals surface area contributed by atoms with Crippen molar-refractivity contribution in [3.05, 3.63) is 34.3 Å². The SMILES string of the molecule is CC(C)c1c(Cl)cccc1CO. The van der Waals surface area contributed by atoms with Crippen molar-refractivity contribution in [1.82, 2.24) is 0 Å². The first-order valence-electron chi connectivity index (χ1n) is 4.05. The summed E-state index contributed by atoms with van der Waals surface area (Å²) in [6.45, 7) is 4.20. The number of aliphatic hydroxyl groups is 1. The van der Waals surface area contributed by atoms with Crippen LogP contribution in [0.5, 0.6) is 0 Å². The fourth-order valence-corrected chi connectivity index (χ4v) is 1.78. The molecule has 0 atom stereocenters. The number of rotatable bonds is 2. The minimum atomic E-state index is 0.0636. The van der Waals surface area contributed by atoms with Crippen LogP contribution in [0.1, 0.15) is 30.9 Å². The molecule has 0 saturated heterocycles. The molecule has 0 amide bonds. The molecule has 1 N–H and O–H groups in total. The molecule has 66 valence electrons. The first kappa shape index (κ1) is 9.56. The smallest absolute Gasteiger partial charge is 0.0685 e. The summed E-state index contributed by atoms with van der Waals surface area (Å²) in [5.41, 5.74) is 1.99. The summed E-state index contributed by atoms with van der Waals surface area (Å²) in [6, 6.07) is 5.62. The Morgan fingerprint density at radius 3 is 2.50 bits per heavy atom. The topological polar surface area (TPSA) is 20.2 Å². The molecule has 1 aromatic carbocycles. The molecule has 0 aromatic heterocycles. The van der Waals surface area contributed by atoms with Crippen molar-refractivity contribution in [2.45, 2.75) is 26.4 Å². The molecule has 0 fully saturated rings. The van der Waals surface area contributed by atoms with Crippen LogP contribution >= 0.6 is 11.6 Å². The Kier molecular flexibility index (Phi) is 3.12. The van der Waals surface area contributed by atoms with E-state index in [-0.39, 0.29) is 6.61 Å². The van der Waals surface area contributed by atoms with Crippen LogP contribution in [0, 0.1) is 0 Å². The first-order chi connectivity index (χ1) is 5.66. The number of benzene rings is 1. The summed E-state index contributed by atoms with van der Waals surface area (Å²) in [5.74, 6) is 0.362. The molecule has 0 spiro atoms. The predicted octanol–water partition coefficient (Wildman–Crippen LogP) is 2.96. The molecule has 0 unspecified atom stereocenters. The first-order valence-corrected chi connectivity index (χ1v) is 4.42. The van der Waals surface area contributed by atoms with Gasteiger partial charge in [-0.1, -0.05) is 37.6 Å². The largest absolute Gasteiger partial charge is 0.392 e. The number of hydrogen-bond donors (Lipinski definition) is 1. The normalized spacial score (nSPS) is 10.8. The van der Waals surface area contributed by atoms with Crippen LogP contribution in [-0.2, 0) is 6.61 Å². The lowest BCUT2D eigenvalue weighted by molar-refractivity contribution is 0.280. The molecule has 2 heteroatoms. The van der Waals surface area contributed by atoms with E-state index >= 15 is 0 Å². The monoisotopic (exact) mass is 184 g/mol. The van der Waals surface area contributed by atoms with Gasteiger partial charge in [-0.25, -0.2) is 0 Å². The maximum Gasteiger partial charge on any atom is 0.0685 e. The van der Waals surface area contributed by atoms with Crippen LogP contribution in [0.3, 0.4) is 0 Å². The van der Waals surface area contributed by atoms with Crippen molar-refractivity contribution >= 4 is 11.6 Å². The third kappa shape index (κ3) is 1.79. The zero-order valence-electron chi connectivity index (χ0n) is 7.34. The van der Waals surface area contributed by atoms with Crippen LogP contribution in [-0.4, -0.2) is 5.11 Å². The molecular weight excluding hydrogens is 172 g/mol. The lowest BCUT2D eigenvalue weighted by Gasteiger charge is -2.12. The molecule has 1 rings (SSSR count). The third-order valence-corrected chi connectivity index (χ3v) is 2.22. The third-order valence-electron chi connectivity index (χ3n) is 1.89. The molecule has 0 aliphatic carbocycles. The highest BCUT2D eigenvalue weighted by Crippen LogP contribution is 2.27. The van der Waals surface area contributed by atoms with Gasteiger partial charge in [-0.3, -0.25) is 0 Å². The van der Waals surface area contributed by atoms with E-state index in [0.717, 1.165) is 16.1 Å². The van der Waals surface area contributed by atoms with Gasteiger partial charge in [-0.15, -0.1) is 0 Å². The highest BCUT2D eigenvalue weighted by Gasteiger charge is 2.08. The second-order valence-corrected chi connectivity index (χ2v) is 3.53. The lowest BCUT2D eigenvalue weighted by atomic mass is 9.98. The quantitative estimate of drug-likeness (QED) is 0.750. The summed E-state index contributed by atoms with van der Waals surface area (Å²) >= 11 is 5.99. The molecule has 0 radical (unpaired) electrons. The van der Waals surface area contributed by atoms with Crippen LogP contribution < -0.4 is 0 Å². The summed E-state index contributed by atoms with van der Waals surface area (Å²) < 4.78 is 0. The summed E-state index contributed by atoms with van der Waals surface area (Å²) in [5, 5.41) is 9.78. The highest BCUT2D eigenvalue weighted by molar-refractivity contribution is 6.31. The van der Waals surface area contributed by atoms with Crippen molar-refractivity contribution in [2.24, 2.45) is 0 Å². The molecule has 0 aliphatic heterocycles. The van der Waals surface area contributed by atoms with E-state index in [1.807, 2.05) is 18.2 Å². The van der Waals surface area contributed by atoms with E-state index in [1.165, 1.54) is 0 Å². The van der Waals surface area contributed by atoms with E-state index < -0.39 is 0 Å². The predicted molar refractivity (Wildman–Crippen MR) is 51.5 cm³/mol. The van der Waals surface area contributed by atoms with Crippen molar-refractivity contribution in [3.8, 4) is 0 Å². The number of halogens is 1. The average Bonchev–Trinajstić information content (AvgIpc) is 2.03. The summed E-state index contributed by atoms with van der Waals surface area (Å²) in [4.78, 5) is 0. The van der Waals surface area contributed by atoms with E-state index in [0.29, 0.717) is 5.92 Å². The van der Waals surface area contributed by atoms with Gasteiger partial charge in [-0.05, 0) is 23.1 Å². The minimum Gasteiger partial charge on any atom is -0.392 e. The standard InChI is InChI=1S/C10H13ClO/c1-7(2)10-8(6-12)4-3-5-9(10)11/h3-5,7,12H,6H2,1-2H3. The second kappa shape index (κ2) is 3.92. The molecule has 0 heterocycles. The van der Waals surface area contributed by atoms with Gasteiger partial charge in [0.05, 0.1) is 6.61 Å². The van der Waals surface area contributed by atoms with Gasteiger partial charge in [0, 0.05) is 5.02 Å². The number of aliphatic hydroxyl groups excluding tert-OH is 1. The molecule has 0 saturated carbocycles. The fourth-order valence-electron chi connectivity index (χ4n) is 1.37. The van der Waals surface area contributed by atoms with Crippen LogP contribution in [0.4, 0.5) is 0 Å². The average molecular weight is 185 g/mol. The Bertz CT molecular complexity index is 269. The summed E-state index contributed by atoms with van der Waals surface area (Å²) in [7, 11) is 0. The Hall–Kier alpha value is -0.530. The van der Waals surface area contributed by atoms with E-state index in [9.17, 15) is 0 Å². The van der Waals surface area contributed by atoms with Gasteiger partial charge in [-0.2, -0.15) is 0 Å². The molecule has 1 nitrogen and oxygen atoms in total. The molecule has 0 bridgehead atoms. The molecule has 0 aliphatic rings.